The molecule has 3 N–H and O–H groups in total. The van der Waals surface area contributed by atoms with Gasteiger partial charge in [0, 0.05) is 18.7 Å². The molecule has 0 aromatic heterocycles. The number of allylic oxidation sites excluding steroid dienone is 1. The van der Waals surface area contributed by atoms with Crippen LogP contribution in [0.1, 0.15) is 44.7 Å². The summed E-state index contributed by atoms with van der Waals surface area (Å²) < 4.78 is 0. The SMILES string of the molecule is CC[C@@H]1C=C[C@H]2[C@@H](C(=O)N([C@@H](CO)CC(C)C)[C@@H]2C(=O)Nc2cc(C)ccc2C)[C@@H]1C(=O)NC. The summed E-state index contributed by atoms with van der Waals surface area (Å²) in [6.45, 7) is 9.72. The molecule has 34 heavy (non-hydrogen) atoms. The average Bonchev–Trinajstić information content (AvgIpc) is 3.10. The van der Waals surface area contributed by atoms with Gasteiger partial charge in [-0.15, -0.1) is 0 Å². The first kappa shape index (κ1) is 25.9. The van der Waals surface area contributed by atoms with E-state index >= 15 is 0 Å². The Labute approximate surface area is 203 Å². The predicted octanol–water partition coefficient (Wildman–Crippen LogP) is 3.05. The highest BCUT2D eigenvalue weighted by Gasteiger charge is 2.58. The number of amides is 3. The lowest BCUT2D eigenvalue weighted by Crippen LogP contribution is -2.51. The van der Waals surface area contributed by atoms with Crippen molar-refractivity contribution in [3.05, 3.63) is 41.5 Å². The third kappa shape index (κ3) is 4.90. The molecule has 0 spiro atoms. The highest BCUT2D eigenvalue weighted by molar-refractivity contribution is 6.02. The fourth-order valence-corrected chi connectivity index (χ4v) is 5.65. The lowest BCUT2D eigenvalue weighted by Gasteiger charge is -2.34. The number of benzene rings is 1. The van der Waals surface area contributed by atoms with Gasteiger partial charge in [-0.05, 0) is 55.7 Å². The maximum absolute atomic E-state index is 13.9. The number of aliphatic hydroxyl groups is 1. The molecule has 0 saturated carbocycles. The van der Waals surface area contributed by atoms with Gasteiger partial charge in [0.1, 0.15) is 6.04 Å². The fourth-order valence-electron chi connectivity index (χ4n) is 5.65. The van der Waals surface area contributed by atoms with Gasteiger partial charge in [-0.25, -0.2) is 0 Å². The van der Waals surface area contributed by atoms with Crippen LogP contribution in [0, 0.1) is 43.4 Å². The Hall–Kier alpha value is -2.67. The molecule has 6 atom stereocenters. The fraction of sp³-hybridized carbons (Fsp3) is 0.593. The van der Waals surface area contributed by atoms with Crippen LogP contribution in [-0.2, 0) is 14.4 Å². The molecule has 1 aromatic rings. The molecule has 2 aliphatic rings. The van der Waals surface area contributed by atoms with E-state index in [1.807, 2.05) is 65.0 Å². The van der Waals surface area contributed by atoms with Crippen molar-refractivity contribution < 1.29 is 19.5 Å². The summed E-state index contributed by atoms with van der Waals surface area (Å²) in [5, 5.41) is 16.0. The summed E-state index contributed by atoms with van der Waals surface area (Å²) in [7, 11) is 1.58. The van der Waals surface area contributed by atoms with Gasteiger partial charge in [-0.3, -0.25) is 14.4 Å². The first-order chi connectivity index (χ1) is 16.1. The molecule has 1 aliphatic carbocycles. The van der Waals surface area contributed by atoms with Crippen molar-refractivity contribution >= 4 is 23.4 Å². The Kier molecular flexibility index (Phi) is 8.18. The Morgan fingerprint density at radius 3 is 2.44 bits per heavy atom. The number of rotatable bonds is 8. The van der Waals surface area contributed by atoms with Crippen LogP contribution < -0.4 is 10.6 Å². The number of aryl methyl sites for hydroxylation is 2. The number of hydrogen-bond donors (Lipinski definition) is 3. The number of likely N-dealkylation sites (tertiary alicyclic amines) is 1. The summed E-state index contributed by atoms with van der Waals surface area (Å²) in [4.78, 5) is 42.2. The van der Waals surface area contributed by atoms with Gasteiger partial charge < -0.3 is 20.6 Å². The van der Waals surface area contributed by atoms with Gasteiger partial charge in [0.05, 0.1) is 24.5 Å². The van der Waals surface area contributed by atoms with Crippen molar-refractivity contribution in [2.24, 2.45) is 29.6 Å². The minimum absolute atomic E-state index is 0.0782. The Morgan fingerprint density at radius 2 is 1.85 bits per heavy atom. The number of aliphatic hydroxyl groups excluding tert-OH is 1. The zero-order valence-corrected chi connectivity index (χ0v) is 21.2. The van der Waals surface area contributed by atoms with Crippen LogP contribution >= 0.6 is 0 Å². The molecule has 3 rings (SSSR count). The number of nitrogens with one attached hydrogen (secondary N) is 2. The number of carbonyl (C=O) groups excluding carboxylic acids is 3. The molecule has 1 aliphatic heterocycles. The molecular formula is C27H39N3O4. The zero-order valence-electron chi connectivity index (χ0n) is 21.2. The highest BCUT2D eigenvalue weighted by Crippen LogP contribution is 2.46. The van der Waals surface area contributed by atoms with Gasteiger partial charge in [0.15, 0.2) is 0 Å². The van der Waals surface area contributed by atoms with E-state index in [1.165, 1.54) is 0 Å². The number of carbonyl (C=O) groups is 3. The van der Waals surface area contributed by atoms with Crippen LogP contribution in [0.3, 0.4) is 0 Å². The number of fused-ring (bicyclic) bond motifs is 1. The van der Waals surface area contributed by atoms with Crippen LogP contribution in [0.5, 0.6) is 0 Å². The molecule has 1 saturated heterocycles. The molecular weight excluding hydrogens is 430 g/mol. The van der Waals surface area contributed by atoms with E-state index in [1.54, 1.807) is 11.9 Å². The van der Waals surface area contributed by atoms with Crippen molar-refractivity contribution in [2.75, 3.05) is 19.0 Å². The summed E-state index contributed by atoms with van der Waals surface area (Å²) in [5.74, 6) is -2.16. The van der Waals surface area contributed by atoms with Crippen LogP contribution in [0.25, 0.3) is 0 Å². The van der Waals surface area contributed by atoms with Gasteiger partial charge in [0.25, 0.3) is 0 Å². The number of nitrogens with zero attached hydrogens (tertiary/aromatic N) is 1. The van der Waals surface area contributed by atoms with E-state index in [9.17, 15) is 19.5 Å². The minimum Gasteiger partial charge on any atom is -0.394 e. The first-order valence-electron chi connectivity index (χ1n) is 12.4. The summed E-state index contributed by atoms with van der Waals surface area (Å²) in [6.07, 6.45) is 5.24. The third-order valence-corrected chi connectivity index (χ3v) is 7.34. The van der Waals surface area contributed by atoms with Crippen molar-refractivity contribution in [3.63, 3.8) is 0 Å². The Bertz CT molecular complexity index is 957. The molecule has 0 radical (unpaired) electrons. The van der Waals surface area contributed by atoms with E-state index in [-0.39, 0.29) is 36.2 Å². The molecule has 3 amide bonds. The molecule has 1 aromatic carbocycles. The van der Waals surface area contributed by atoms with E-state index in [4.69, 9.17) is 0 Å². The van der Waals surface area contributed by atoms with Crippen molar-refractivity contribution in [1.82, 2.24) is 10.2 Å². The third-order valence-electron chi connectivity index (χ3n) is 7.34. The van der Waals surface area contributed by atoms with Gasteiger partial charge in [-0.2, -0.15) is 0 Å². The topological polar surface area (TPSA) is 98.7 Å². The summed E-state index contributed by atoms with van der Waals surface area (Å²) in [5.41, 5.74) is 2.66. The van der Waals surface area contributed by atoms with Crippen LogP contribution in [0.4, 0.5) is 5.69 Å². The summed E-state index contributed by atoms with van der Waals surface area (Å²) >= 11 is 0. The second-order valence-electron chi connectivity index (χ2n) is 10.2. The lowest BCUT2D eigenvalue weighted by atomic mass is 9.69. The van der Waals surface area contributed by atoms with E-state index < -0.39 is 29.8 Å². The zero-order chi connectivity index (χ0) is 25.2. The molecule has 0 bridgehead atoms. The monoisotopic (exact) mass is 469 g/mol. The van der Waals surface area contributed by atoms with Crippen molar-refractivity contribution in [2.45, 2.75) is 59.5 Å². The number of hydrogen-bond acceptors (Lipinski definition) is 4. The highest BCUT2D eigenvalue weighted by atomic mass is 16.3. The second kappa shape index (κ2) is 10.7. The molecule has 7 heteroatoms. The van der Waals surface area contributed by atoms with Crippen LogP contribution in [0.2, 0.25) is 0 Å². The minimum atomic E-state index is -0.797. The van der Waals surface area contributed by atoms with E-state index in [2.05, 4.69) is 10.6 Å². The molecule has 1 heterocycles. The van der Waals surface area contributed by atoms with Crippen molar-refractivity contribution in [1.29, 1.82) is 0 Å². The van der Waals surface area contributed by atoms with Gasteiger partial charge in [0.2, 0.25) is 17.7 Å². The van der Waals surface area contributed by atoms with Gasteiger partial charge >= 0.3 is 0 Å². The predicted molar refractivity (Wildman–Crippen MR) is 133 cm³/mol. The molecule has 186 valence electrons. The van der Waals surface area contributed by atoms with Crippen LogP contribution in [-0.4, -0.2) is 53.5 Å². The maximum atomic E-state index is 13.9. The largest absolute Gasteiger partial charge is 0.394 e. The summed E-state index contributed by atoms with van der Waals surface area (Å²) in [6, 6.07) is 4.57. The lowest BCUT2D eigenvalue weighted by molar-refractivity contribution is -0.143. The quantitative estimate of drug-likeness (QED) is 0.510. The van der Waals surface area contributed by atoms with E-state index in [0.717, 1.165) is 17.5 Å². The van der Waals surface area contributed by atoms with Crippen LogP contribution in [0.15, 0.2) is 30.4 Å². The van der Waals surface area contributed by atoms with Gasteiger partial charge in [-0.1, -0.05) is 45.1 Å². The molecule has 0 unspecified atom stereocenters. The number of anilines is 1. The Balaban J connectivity index is 2.07. The maximum Gasteiger partial charge on any atom is 0.247 e. The smallest absolute Gasteiger partial charge is 0.247 e. The second-order valence-corrected chi connectivity index (χ2v) is 10.2. The molecule has 1 fully saturated rings. The standard InChI is InChI=1S/C27H39N3O4/c1-7-18-10-11-20-23(22(18)25(32)28-6)27(34)30(19(14-31)12-15(2)3)24(20)26(33)29-21-13-16(4)8-9-17(21)5/h8-11,13,15,18-20,22-24,31H,7,12,14H2,1-6H3,(H,28,32)(H,29,33)/t18-,19-,20+,22-,23-,24+/m1/s1. The Morgan fingerprint density at radius 1 is 1.15 bits per heavy atom. The van der Waals surface area contributed by atoms with Crippen molar-refractivity contribution in [3.8, 4) is 0 Å². The average molecular weight is 470 g/mol. The van der Waals surface area contributed by atoms with E-state index in [0.29, 0.717) is 12.1 Å². The first-order valence-corrected chi connectivity index (χ1v) is 12.4. The normalized spacial score (nSPS) is 27.0. The molecule has 7 nitrogen and oxygen atoms in total.